The largest absolute Gasteiger partial charge is 0.321 e. The van der Waals surface area contributed by atoms with E-state index in [0.29, 0.717) is 5.92 Å². The van der Waals surface area contributed by atoms with E-state index < -0.39 is 11.5 Å². The van der Waals surface area contributed by atoms with Gasteiger partial charge in [-0.15, -0.1) is 0 Å². The van der Waals surface area contributed by atoms with Gasteiger partial charge in [-0.05, 0) is 23.5 Å². The first kappa shape index (κ1) is 12.5. The van der Waals surface area contributed by atoms with E-state index in [2.05, 4.69) is 13.8 Å². The molecule has 94 valence electrons. The molecule has 0 unspecified atom stereocenters. The van der Waals surface area contributed by atoms with Crippen molar-refractivity contribution in [2.45, 2.75) is 44.6 Å². The average Bonchev–Trinajstić information content (AvgIpc) is 2.14. The lowest BCUT2D eigenvalue weighted by molar-refractivity contribution is -0.125. The standard InChI is InChI=1S/C14H19F2N/c1-10(2)7-11-3-5-12(6-4-11)13(17)8-14(15,16)9-13/h3-6,10H,7-9,17H2,1-2H3. The predicted molar refractivity (Wildman–Crippen MR) is 65.0 cm³/mol. The van der Waals surface area contributed by atoms with Crippen LogP contribution >= 0.6 is 0 Å². The van der Waals surface area contributed by atoms with Gasteiger partial charge in [-0.25, -0.2) is 8.78 Å². The second-order valence-corrected chi connectivity index (χ2v) is 5.66. The van der Waals surface area contributed by atoms with Gasteiger partial charge in [0.1, 0.15) is 0 Å². The molecule has 17 heavy (non-hydrogen) atoms. The zero-order valence-electron chi connectivity index (χ0n) is 10.3. The van der Waals surface area contributed by atoms with Gasteiger partial charge in [0.25, 0.3) is 5.92 Å². The summed E-state index contributed by atoms with van der Waals surface area (Å²) in [5, 5.41) is 0. The summed E-state index contributed by atoms with van der Waals surface area (Å²) in [6.07, 6.45) is 0.543. The van der Waals surface area contributed by atoms with E-state index in [1.807, 2.05) is 24.3 Å². The van der Waals surface area contributed by atoms with Crippen LogP contribution < -0.4 is 5.73 Å². The Bertz CT molecular complexity index is 387. The Labute approximate surface area is 101 Å². The zero-order chi connectivity index (χ0) is 12.7. The summed E-state index contributed by atoms with van der Waals surface area (Å²) in [5.41, 5.74) is 7.22. The van der Waals surface area contributed by atoms with E-state index in [1.165, 1.54) is 5.56 Å². The Balaban J connectivity index is 2.09. The topological polar surface area (TPSA) is 26.0 Å². The molecule has 2 rings (SSSR count). The SMILES string of the molecule is CC(C)Cc1ccc(C2(N)CC(F)(F)C2)cc1. The Morgan fingerprint density at radius 2 is 1.71 bits per heavy atom. The van der Waals surface area contributed by atoms with E-state index in [9.17, 15) is 8.78 Å². The first-order chi connectivity index (χ1) is 7.81. The fourth-order valence-corrected chi connectivity index (χ4v) is 2.52. The molecule has 3 heteroatoms. The van der Waals surface area contributed by atoms with Crippen LogP contribution in [0.5, 0.6) is 0 Å². The summed E-state index contributed by atoms with van der Waals surface area (Å²) in [6, 6.07) is 7.79. The number of nitrogens with two attached hydrogens (primary N) is 1. The molecule has 2 N–H and O–H groups in total. The third kappa shape index (κ3) is 2.65. The lowest BCUT2D eigenvalue weighted by atomic mass is 9.70. The molecule has 0 radical (unpaired) electrons. The van der Waals surface area contributed by atoms with Gasteiger partial charge in [0.2, 0.25) is 0 Å². The molecule has 0 amide bonds. The van der Waals surface area contributed by atoms with Crippen LogP contribution in [0.3, 0.4) is 0 Å². The number of alkyl halides is 2. The first-order valence-corrected chi connectivity index (χ1v) is 6.07. The van der Waals surface area contributed by atoms with E-state index >= 15 is 0 Å². The highest BCUT2D eigenvalue weighted by Crippen LogP contribution is 2.49. The lowest BCUT2D eigenvalue weighted by Gasteiger charge is -2.44. The predicted octanol–water partition coefficient (Wildman–Crippen LogP) is 3.47. The summed E-state index contributed by atoms with van der Waals surface area (Å²) < 4.78 is 25.8. The summed E-state index contributed by atoms with van der Waals surface area (Å²) in [7, 11) is 0. The molecule has 0 saturated heterocycles. The minimum absolute atomic E-state index is 0.233. The van der Waals surface area contributed by atoms with Crippen LogP contribution in [-0.4, -0.2) is 5.92 Å². The molecule has 1 fully saturated rings. The van der Waals surface area contributed by atoms with Gasteiger partial charge in [0.05, 0.1) is 5.54 Å². The van der Waals surface area contributed by atoms with E-state index in [1.54, 1.807) is 0 Å². The van der Waals surface area contributed by atoms with Crippen LogP contribution in [0.4, 0.5) is 8.78 Å². The normalized spacial score (nSPS) is 21.3. The molecular formula is C14H19F2N. The number of hydrogen-bond donors (Lipinski definition) is 1. The van der Waals surface area contributed by atoms with Crippen molar-refractivity contribution in [2.24, 2.45) is 11.7 Å². The van der Waals surface area contributed by atoms with Crippen molar-refractivity contribution < 1.29 is 8.78 Å². The highest BCUT2D eigenvalue weighted by Gasteiger charge is 2.55. The molecule has 0 atom stereocenters. The van der Waals surface area contributed by atoms with Crippen molar-refractivity contribution in [1.82, 2.24) is 0 Å². The molecule has 0 bridgehead atoms. The maximum Gasteiger partial charge on any atom is 0.252 e. The van der Waals surface area contributed by atoms with Gasteiger partial charge in [0.15, 0.2) is 0 Å². The minimum atomic E-state index is -2.58. The number of halogens is 2. The molecule has 1 saturated carbocycles. The molecule has 0 spiro atoms. The maximum absolute atomic E-state index is 12.9. The molecular weight excluding hydrogens is 220 g/mol. The van der Waals surface area contributed by atoms with Crippen LogP contribution in [0, 0.1) is 5.92 Å². The third-order valence-electron chi connectivity index (χ3n) is 3.32. The molecule has 1 nitrogen and oxygen atoms in total. The van der Waals surface area contributed by atoms with Crippen molar-refractivity contribution in [3.05, 3.63) is 35.4 Å². The van der Waals surface area contributed by atoms with Gasteiger partial charge in [-0.2, -0.15) is 0 Å². The highest BCUT2D eigenvalue weighted by atomic mass is 19.3. The van der Waals surface area contributed by atoms with Gasteiger partial charge in [-0.1, -0.05) is 38.1 Å². The minimum Gasteiger partial charge on any atom is -0.321 e. The monoisotopic (exact) mass is 239 g/mol. The molecule has 1 aliphatic carbocycles. The van der Waals surface area contributed by atoms with Gasteiger partial charge < -0.3 is 5.73 Å². The fourth-order valence-electron chi connectivity index (χ4n) is 2.52. The van der Waals surface area contributed by atoms with Crippen LogP contribution in [0.2, 0.25) is 0 Å². The zero-order valence-corrected chi connectivity index (χ0v) is 10.3. The Kier molecular flexibility index (Phi) is 2.98. The van der Waals surface area contributed by atoms with Crippen molar-refractivity contribution >= 4 is 0 Å². The van der Waals surface area contributed by atoms with Gasteiger partial charge >= 0.3 is 0 Å². The Morgan fingerprint density at radius 1 is 1.18 bits per heavy atom. The van der Waals surface area contributed by atoms with Crippen molar-refractivity contribution in [2.75, 3.05) is 0 Å². The molecule has 0 aliphatic heterocycles. The van der Waals surface area contributed by atoms with Crippen molar-refractivity contribution in [3.8, 4) is 0 Å². The van der Waals surface area contributed by atoms with E-state index in [4.69, 9.17) is 5.73 Å². The van der Waals surface area contributed by atoms with Gasteiger partial charge in [0, 0.05) is 12.8 Å². The van der Waals surface area contributed by atoms with Crippen LogP contribution in [0.25, 0.3) is 0 Å². The second kappa shape index (κ2) is 4.05. The average molecular weight is 239 g/mol. The molecule has 1 aromatic rings. The molecule has 0 aromatic heterocycles. The number of benzene rings is 1. The second-order valence-electron chi connectivity index (χ2n) is 5.66. The van der Waals surface area contributed by atoms with E-state index in [-0.39, 0.29) is 12.8 Å². The molecule has 0 heterocycles. The Morgan fingerprint density at radius 3 is 2.12 bits per heavy atom. The smallest absolute Gasteiger partial charge is 0.252 e. The van der Waals surface area contributed by atoms with Crippen LogP contribution in [0.1, 0.15) is 37.8 Å². The van der Waals surface area contributed by atoms with Crippen molar-refractivity contribution in [1.29, 1.82) is 0 Å². The summed E-state index contributed by atoms with van der Waals surface area (Å²) in [4.78, 5) is 0. The summed E-state index contributed by atoms with van der Waals surface area (Å²) >= 11 is 0. The quantitative estimate of drug-likeness (QED) is 0.858. The molecule has 1 aliphatic rings. The van der Waals surface area contributed by atoms with Crippen LogP contribution in [-0.2, 0) is 12.0 Å². The first-order valence-electron chi connectivity index (χ1n) is 6.07. The summed E-state index contributed by atoms with van der Waals surface area (Å²) in [5.74, 6) is -1.98. The third-order valence-corrected chi connectivity index (χ3v) is 3.32. The fraction of sp³-hybridized carbons (Fsp3) is 0.571. The summed E-state index contributed by atoms with van der Waals surface area (Å²) in [6.45, 7) is 4.32. The maximum atomic E-state index is 12.9. The Hall–Kier alpha value is -0.960. The van der Waals surface area contributed by atoms with Gasteiger partial charge in [-0.3, -0.25) is 0 Å². The molecule has 1 aromatic carbocycles. The number of hydrogen-bond acceptors (Lipinski definition) is 1. The highest BCUT2D eigenvalue weighted by molar-refractivity contribution is 5.32. The van der Waals surface area contributed by atoms with E-state index in [0.717, 1.165) is 12.0 Å². The lowest BCUT2D eigenvalue weighted by Crippen LogP contribution is -2.55. The number of rotatable bonds is 3. The van der Waals surface area contributed by atoms with Crippen molar-refractivity contribution in [3.63, 3.8) is 0 Å². The van der Waals surface area contributed by atoms with Crippen LogP contribution in [0.15, 0.2) is 24.3 Å².